The normalized spacial score (nSPS) is 11.8. The maximum absolute atomic E-state index is 12.9. The molecular formula is C20H21N3O5. The van der Waals surface area contributed by atoms with Gasteiger partial charge in [-0.15, -0.1) is 0 Å². The van der Waals surface area contributed by atoms with E-state index in [2.05, 4.69) is 10.4 Å². The van der Waals surface area contributed by atoms with Crippen molar-refractivity contribution in [2.45, 2.75) is 12.6 Å². The summed E-state index contributed by atoms with van der Waals surface area (Å²) in [4.78, 5) is 25.3. The summed E-state index contributed by atoms with van der Waals surface area (Å²) in [5, 5.41) is 17.2. The highest BCUT2D eigenvalue weighted by Crippen LogP contribution is 2.32. The van der Waals surface area contributed by atoms with Crippen molar-refractivity contribution >= 4 is 16.7 Å². The minimum absolute atomic E-state index is 0.263. The maximum Gasteiger partial charge on any atom is 0.279 e. The second-order valence-corrected chi connectivity index (χ2v) is 6.09. The van der Waals surface area contributed by atoms with E-state index < -0.39 is 17.5 Å². The number of hydrogen-bond acceptors (Lipinski definition) is 6. The monoisotopic (exact) mass is 383 g/mol. The predicted octanol–water partition coefficient (Wildman–Crippen LogP) is 1.26. The van der Waals surface area contributed by atoms with Crippen molar-refractivity contribution in [3.63, 3.8) is 0 Å². The molecule has 0 radical (unpaired) electrons. The van der Waals surface area contributed by atoms with E-state index in [0.717, 1.165) is 10.2 Å². The highest BCUT2D eigenvalue weighted by atomic mass is 16.5. The van der Waals surface area contributed by atoms with Crippen molar-refractivity contribution < 1.29 is 19.4 Å². The van der Waals surface area contributed by atoms with Gasteiger partial charge in [-0.2, -0.15) is 5.10 Å². The van der Waals surface area contributed by atoms with Gasteiger partial charge in [0.25, 0.3) is 5.56 Å². The summed E-state index contributed by atoms with van der Waals surface area (Å²) >= 11 is 0. The number of hydrogen-bond donors (Lipinski definition) is 2. The summed E-state index contributed by atoms with van der Waals surface area (Å²) in [6, 6.07) is 11.9. The van der Waals surface area contributed by atoms with Crippen LogP contribution in [0.3, 0.4) is 0 Å². The highest BCUT2D eigenvalue weighted by molar-refractivity contribution is 5.89. The second-order valence-electron chi connectivity index (χ2n) is 6.09. The quantitative estimate of drug-likeness (QED) is 0.637. The molecule has 1 aromatic heterocycles. The standard InChI is InChI=1S/C20H21N3O5/c1-27-16-9-8-14-10-21-23(20(26)18(14)19(16)28-2)11-17(25)22-15(12-24)13-6-4-3-5-7-13/h3-10,15,24H,11-12H2,1-2H3,(H,22,25). The summed E-state index contributed by atoms with van der Waals surface area (Å²) in [7, 11) is 2.93. The molecule has 1 unspecified atom stereocenters. The van der Waals surface area contributed by atoms with Crippen molar-refractivity contribution in [3.8, 4) is 11.5 Å². The second kappa shape index (κ2) is 8.53. The zero-order valence-corrected chi connectivity index (χ0v) is 15.6. The third kappa shape index (κ3) is 3.81. The predicted molar refractivity (Wildman–Crippen MR) is 104 cm³/mol. The van der Waals surface area contributed by atoms with E-state index in [1.165, 1.54) is 20.4 Å². The van der Waals surface area contributed by atoms with Gasteiger partial charge in [0, 0.05) is 5.39 Å². The number of ether oxygens (including phenoxy) is 2. The molecule has 8 heteroatoms. The number of nitrogens with one attached hydrogen (secondary N) is 1. The minimum Gasteiger partial charge on any atom is -0.493 e. The molecule has 3 rings (SSSR count). The number of fused-ring (bicyclic) bond motifs is 1. The largest absolute Gasteiger partial charge is 0.493 e. The van der Waals surface area contributed by atoms with Crippen molar-refractivity contribution in [3.05, 3.63) is 64.6 Å². The van der Waals surface area contributed by atoms with Gasteiger partial charge >= 0.3 is 0 Å². The number of aliphatic hydroxyl groups is 1. The van der Waals surface area contributed by atoms with Crippen LogP contribution < -0.4 is 20.3 Å². The Morgan fingerprint density at radius 1 is 1.18 bits per heavy atom. The Kier molecular flexibility index (Phi) is 5.90. The fourth-order valence-electron chi connectivity index (χ4n) is 2.99. The van der Waals surface area contributed by atoms with Crippen LogP contribution in [0.4, 0.5) is 0 Å². The van der Waals surface area contributed by atoms with Crippen LogP contribution in [0.1, 0.15) is 11.6 Å². The van der Waals surface area contributed by atoms with E-state index in [9.17, 15) is 14.7 Å². The molecule has 0 bridgehead atoms. The van der Waals surface area contributed by atoms with E-state index in [-0.39, 0.29) is 18.5 Å². The average molecular weight is 383 g/mol. The number of nitrogens with zero attached hydrogens (tertiary/aromatic N) is 2. The van der Waals surface area contributed by atoms with Crippen molar-refractivity contribution in [1.82, 2.24) is 15.1 Å². The van der Waals surface area contributed by atoms with Crippen LogP contribution in [0.15, 0.2) is 53.5 Å². The van der Waals surface area contributed by atoms with Crippen LogP contribution in [-0.2, 0) is 11.3 Å². The first-order valence-corrected chi connectivity index (χ1v) is 8.65. The molecule has 2 aromatic carbocycles. The van der Waals surface area contributed by atoms with Crippen LogP contribution in [0.25, 0.3) is 10.8 Å². The van der Waals surface area contributed by atoms with Crippen LogP contribution in [-0.4, -0.2) is 41.6 Å². The van der Waals surface area contributed by atoms with Crippen LogP contribution in [0, 0.1) is 0 Å². The number of methoxy groups -OCH3 is 2. The Labute approximate surface area is 161 Å². The highest BCUT2D eigenvalue weighted by Gasteiger charge is 2.18. The van der Waals surface area contributed by atoms with Gasteiger partial charge in [0.15, 0.2) is 11.5 Å². The fourth-order valence-corrected chi connectivity index (χ4v) is 2.99. The first-order valence-electron chi connectivity index (χ1n) is 8.65. The van der Waals surface area contributed by atoms with E-state index >= 15 is 0 Å². The molecule has 0 saturated carbocycles. The van der Waals surface area contributed by atoms with Crippen molar-refractivity contribution in [1.29, 1.82) is 0 Å². The Morgan fingerprint density at radius 2 is 1.93 bits per heavy atom. The molecule has 1 amide bonds. The van der Waals surface area contributed by atoms with Gasteiger partial charge in [0.05, 0.1) is 38.5 Å². The molecule has 0 aliphatic heterocycles. The maximum atomic E-state index is 12.9. The smallest absolute Gasteiger partial charge is 0.279 e. The molecule has 1 atom stereocenters. The van der Waals surface area contributed by atoms with E-state index in [0.29, 0.717) is 16.9 Å². The molecule has 2 N–H and O–H groups in total. The van der Waals surface area contributed by atoms with Gasteiger partial charge < -0.3 is 19.9 Å². The molecule has 146 valence electrons. The van der Waals surface area contributed by atoms with Gasteiger partial charge in [-0.3, -0.25) is 9.59 Å². The number of carbonyl (C=O) groups is 1. The Bertz CT molecular complexity index is 1030. The van der Waals surface area contributed by atoms with E-state index in [1.54, 1.807) is 24.3 Å². The lowest BCUT2D eigenvalue weighted by Gasteiger charge is -2.17. The third-order valence-corrected chi connectivity index (χ3v) is 4.38. The summed E-state index contributed by atoms with van der Waals surface area (Å²) in [5.41, 5.74) is 0.298. The Hall–Kier alpha value is -3.39. The summed E-state index contributed by atoms with van der Waals surface area (Å²) < 4.78 is 11.6. The molecule has 0 saturated heterocycles. The number of aromatic nitrogens is 2. The van der Waals surface area contributed by atoms with Crippen LogP contribution in [0.5, 0.6) is 11.5 Å². The van der Waals surface area contributed by atoms with Gasteiger partial charge in [-0.1, -0.05) is 30.3 Å². The molecule has 0 aliphatic carbocycles. The average Bonchev–Trinajstić information content (AvgIpc) is 2.73. The number of rotatable bonds is 7. The molecule has 0 aliphatic rings. The lowest BCUT2D eigenvalue weighted by atomic mass is 10.1. The molecular weight excluding hydrogens is 362 g/mol. The van der Waals surface area contributed by atoms with Gasteiger partial charge in [0.1, 0.15) is 6.54 Å². The summed E-state index contributed by atoms with van der Waals surface area (Å²) in [5.74, 6) is 0.261. The number of aliphatic hydroxyl groups excluding tert-OH is 1. The first kappa shape index (κ1) is 19.4. The molecule has 3 aromatic rings. The van der Waals surface area contributed by atoms with Gasteiger partial charge in [0.2, 0.25) is 5.91 Å². The van der Waals surface area contributed by atoms with Crippen molar-refractivity contribution in [2.75, 3.05) is 20.8 Å². The van der Waals surface area contributed by atoms with E-state index in [4.69, 9.17) is 9.47 Å². The number of amides is 1. The lowest BCUT2D eigenvalue weighted by molar-refractivity contribution is -0.123. The first-order chi connectivity index (χ1) is 13.6. The number of carbonyl (C=O) groups excluding carboxylic acids is 1. The molecule has 1 heterocycles. The molecule has 28 heavy (non-hydrogen) atoms. The molecule has 8 nitrogen and oxygen atoms in total. The zero-order chi connectivity index (χ0) is 20.1. The topological polar surface area (TPSA) is 103 Å². The van der Waals surface area contributed by atoms with Crippen LogP contribution in [0.2, 0.25) is 0 Å². The molecule has 0 spiro atoms. The van der Waals surface area contributed by atoms with Gasteiger partial charge in [-0.25, -0.2) is 4.68 Å². The Balaban J connectivity index is 1.89. The van der Waals surface area contributed by atoms with Gasteiger partial charge in [-0.05, 0) is 17.7 Å². The third-order valence-electron chi connectivity index (χ3n) is 4.38. The lowest BCUT2D eigenvalue weighted by Crippen LogP contribution is -2.37. The number of benzene rings is 2. The SMILES string of the molecule is COc1ccc2cnn(CC(=O)NC(CO)c3ccccc3)c(=O)c2c1OC. The fraction of sp³-hybridized carbons (Fsp3) is 0.250. The summed E-state index contributed by atoms with van der Waals surface area (Å²) in [6.07, 6.45) is 1.49. The molecule has 0 fully saturated rings. The van der Waals surface area contributed by atoms with E-state index in [1.807, 2.05) is 18.2 Å². The zero-order valence-electron chi connectivity index (χ0n) is 15.6. The Morgan fingerprint density at radius 3 is 2.57 bits per heavy atom. The minimum atomic E-state index is -0.570. The summed E-state index contributed by atoms with van der Waals surface area (Å²) in [6.45, 7) is -0.556. The van der Waals surface area contributed by atoms with Crippen molar-refractivity contribution in [2.24, 2.45) is 0 Å². The van der Waals surface area contributed by atoms with Crippen LogP contribution >= 0.6 is 0 Å².